The summed E-state index contributed by atoms with van der Waals surface area (Å²) in [5.74, 6) is 0.0567. The zero-order valence-electron chi connectivity index (χ0n) is 8.33. The maximum Gasteiger partial charge on any atom is 0.242 e. The van der Waals surface area contributed by atoms with Gasteiger partial charge in [0.1, 0.15) is 0 Å². The number of carbonyl (C=O) groups is 1. The van der Waals surface area contributed by atoms with Crippen molar-refractivity contribution in [3.63, 3.8) is 0 Å². The summed E-state index contributed by atoms with van der Waals surface area (Å²) in [4.78, 5) is 11.5. The molecule has 1 aromatic carbocycles. The van der Waals surface area contributed by atoms with Crippen molar-refractivity contribution in [3.05, 3.63) is 28.8 Å². The van der Waals surface area contributed by atoms with E-state index in [2.05, 4.69) is 17.9 Å². The molecule has 5 heteroatoms. The second-order valence-corrected chi connectivity index (χ2v) is 4.04. The van der Waals surface area contributed by atoms with E-state index in [1.165, 1.54) is 0 Å². The average Bonchev–Trinajstić information content (AvgIpc) is 2.22. The molecule has 15 heavy (non-hydrogen) atoms. The minimum atomic E-state index is -0.605. The van der Waals surface area contributed by atoms with E-state index in [4.69, 9.17) is 17.3 Å². The third-order valence-corrected chi connectivity index (χ3v) is 2.62. The number of hydrogen-bond donors (Lipinski definition) is 3. The van der Waals surface area contributed by atoms with Crippen LogP contribution in [-0.4, -0.2) is 17.7 Å². The van der Waals surface area contributed by atoms with E-state index in [0.717, 1.165) is 5.56 Å². The fourth-order valence-electron chi connectivity index (χ4n) is 1.04. The van der Waals surface area contributed by atoms with Gasteiger partial charge < -0.3 is 11.1 Å². The smallest absolute Gasteiger partial charge is 0.242 e. The average molecular weight is 245 g/mol. The zero-order chi connectivity index (χ0) is 11.4. The van der Waals surface area contributed by atoms with Crippen LogP contribution in [0.15, 0.2) is 18.2 Å². The first-order valence-corrected chi connectivity index (χ1v) is 5.49. The van der Waals surface area contributed by atoms with E-state index in [-0.39, 0.29) is 5.91 Å². The molecule has 1 amide bonds. The highest BCUT2D eigenvalue weighted by atomic mass is 35.5. The number of carbonyl (C=O) groups excluding carboxylic acids is 1. The van der Waals surface area contributed by atoms with Crippen molar-refractivity contribution in [1.82, 2.24) is 0 Å². The number of thiol groups is 1. The first-order valence-electron chi connectivity index (χ1n) is 4.48. The number of nitrogens with one attached hydrogen (secondary N) is 1. The van der Waals surface area contributed by atoms with Gasteiger partial charge in [0.25, 0.3) is 0 Å². The highest BCUT2D eigenvalue weighted by Crippen LogP contribution is 2.20. The van der Waals surface area contributed by atoms with Gasteiger partial charge >= 0.3 is 0 Å². The van der Waals surface area contributed by atoms with Crippen LogP contribution in [0.1, 0.15) is 5.56 Å². The Labute approximate surface area is 99.4 Å². The molecule has 0 aliphatic carbocycles. The molecule has 0 heterocycles. The minimum absolute atomic E-state index is 0.254. The number of rotatable bonds is 3. The van der Waals surface area contributed by atoms with E-state index in [0.29, 0.717) is 16.5 Å². The topological polar surface area (TPSA) is 55.1 Å². The summed E-state index contributed by atoms with van der Waals surface area (Å²) < 4.78 is 0. The molecular formula is C10H13ClN2OS. The number of anilines is 1. The highest BCUT2D eigenvalue weighted by Gasteiger charge is 2.12. The van der Waals surface area contributed by atoms with Crippen molar-refractivity contribution in [2.75, 3.05) is 11.1 Å². The van der Waals surface area contributed by atoms with E-state index in [1.807, 2.05) is 13.0 Å². The number of halogens is 1. The molecule has 0 aliphatic heterocycles. The Bertz CT molecular complexity index is 370. The fourth-order valence-corrected chi connectivity index (χ4v) is 1.38. The molecule has 0 radical (unpaired) electrons. The molecule has 0 aliphatic rings. The molecule has 1 unspecified atom stereocenters. The van der Waals surface area contributed by atoms with Crippen molar-refractivity contribution in [2.24, 2.45) is 5.73 Å². The van der Waals surface area contributed by atoms with Gasteiger partial charge in [-0.15, -0.1) is 0 Å². The molecule has 1 atom stereocenters. The van der Waals surface area contributed by atoms with E-state index >= 15 is 0 Å². The molecule has 0 spiro atoms. The lowest BCUT2D eigenvalue weighted by molar-refractivity contribution is -0.116. The van der Waals surface area contributed by atoms with Crippen LogP contribution in [0.5, 0.6) is 0 Å². The molecule has 0 fully saturated rings. The Morgan fingerprint density at radius 3 is 2.93 bits per heavy atom. The van der Waals surface area contributed by atoms with E-state index in [9.17, 15) is 4.79 Å². The Balaban J connectivity index is 2.80. The third-order valence-electron chi connectivity index (χ3n) is 1.99. The Kier molecular flexibility index (Phi) is 4.45. The predicted octanol–water partition coefficient (Wildman–Crippen LogP) is 1.84. The molecule has 82 valence electrons. The van der Waals surface area contributed by atoms with Crippen LogP contribution in [0.2, 0.25) is 5.02 Å². The summed E-state index contributed by atoms with van der Waals surface area (Å²) in [7, 11) is 0. The Hall–Kier alpha value is -0.710. The quantitative estimate of drug-likeness (QED) is 0.711. The fraction of sp³-hybridized carbons (Fsp3) is 0.300. The Morgan fingerprint density at radius 2 is 2.33 bits per heavy atom. The standard InChI is InChI=1S/C10H13ClN2OS/c1-6-2-3-7(11)4-9(6)13-10(14)8(12)5-15/h2-4,8,15H,5,12H2,1H3,(H,13,14). The van der Waals surface area contributed by atoms with Crippen LogP contribution in [-0.2, 0) is 4.79 Å². The van der Waals surface area contributed by atoms with Crippen molar-refractivity contribution in [2.45, 2.75) is 13.0 Å². The van der Waals surface area contributed by atoms with Gasteiger partial charge in [0.05, 0.1) is 6.04 Å². The van der Waals surface area contributed by atoms with Crippen LogP contribution in [0.4, 0.5) is 5.69 Å². The third kappa shape index (κ3) is 3.41. The molecule has 0 saturated heterocycles. The monoisotopic (exact) mass is 244 g/mol. The van der Waals surface area contributed by atoms with Crippen LogP contribution in [0, 0.1) is 6.92 Å². The zero-order valence-corrected chi connectivity index (χ0v) is 9.98. The Morgan fingerprint density at radius 1 is 1.67 bits per heavy atom. The molecule has 1 rings (SSSR count). The summed E-state index contributed by atoms with van der Waals surface area (Å²) >= 11 is 9.77. The maximum absolute atomic E-state index is 11.5. The molecule has 1 aromatic rings. The van der Waals surface area contributed by atoms with Crippen molar-refractivity contribution >= 4 is 35.8 Å². The van der Waals surface area contributed by atoms with Gasteiger partial charge in [-0.1, -0.05) is 17.7 Å². The lowest BCUT2D eigenvalue weighted by Gasteiger charge is -2.11. The van der Waals surface area contributed by atoms with Gasteiger partial charge in [-0.25, -0.2) is 0 Å². The molecule has 3 nitrogen and oxygen atoms in total. The molecule has 0 bridgehead atoms. The second kappa shape index (κ2) is 5.39. The summed E-state index contributed by atoms with van der Waals surface area (Å²) in [6.45, 7) is 1.89. The van der Waals surface area contributed by atoms with E-state index < -0.39 is 6.04 Å². The van der Waals surface area contributed by atoms with Gasteiger partial charge in [-0.2, -0.15) is 12.6 Å². The van der Waals surface area contributed by atoms with Crippen molar-refractivity contribution < 1.29 is 4.79 Å². The SMILES string of the molecule is Cc1ccc(Cl)cc1NC(=O)C(N)CS. The highest BCUT2D eigenvalue weighted by molar-refractivity contribution is 7.80. The predicted molar refractivity (Wildman–Crippen MR) is 66.6 cm³/mol. The molecule has 3 N–H and O–H groups in total. The molecule has 0 saturated carbocycles. The number of benzene rings is 1. The van der Waals surface area contributed by atoms with Crippen molar-refractivity contribution in [3.8, 4) is 0 Å². The van der Waals surface area contributed by atoms with Gasteiger partial charge in [0.2, 0.25) is 5.91 Å². The first kappa shape index (κ1) is 12.4. The number of nitrogens with two attached hydrogens (primary N) is 1. The second-order valence-electron chi connectivity index (χ2n) is 3.24. The summed E-state index contributed by atoms with van der Waals surface area (Å²) in [6.07, 6.45) is 0. The van der Waals surface area contributed by atoms with Crippen LogP contribution in [0.25, 0.3) is 0 Å². The molecule has 0 aromatic heterocycles. The summed E-state index contributed by atoms with van der Waals surface area (Å²) in [5.41, 5.74) is 7.16. The number of hydrogen-bond acceptors (Lipinski definition) is 3. The first-order chi connectivity index (χ1) is 7.04. The van der Waals surface area contributed by atoms with Gasteiger partial charge in [0, 0.05) is 16.5 Å². The summed E-state index contributed by atoms with van der Waals surface area (Å²) in [6, 6.07) is 4.70. The van der Waals surface area contributed by atoms with E-state index in [1.54, 1.807) is 12.1 Å². The lowest BCUT2D eigenvalue weighted by atomic mass is 10.2. The summed E-state index contributed by atoms with van der Waals surface area (Å²) in [5, 5.41) is 3.28. The largest absolute Gasteiger partial charge is 0.324 e. The van der Waals surface area contributed by atoms with Crippen LogP contribution in [0.3, 0.4) is 0 Å². The van der Waals surface area contributed by atoms with Gasteiger partial charge in [0.15, 0.2) is 0 Å². The van der Waals surface area contributed by atoms with Crippen molar-refractivity contribution in [1.29, 1.82) is 0 Å². The van der Waals surface area contributed by atoms with Crippen LogP contribution < -0.4 is 11.1 Å². The minimum Gasteiger partial charge on any atom is -0.324 e. The normalized spacial score (nSPS) is 12.3. The van der Waals surface area contributed by atoms with Crippen LogP contribution >= 0.6 is 24.2 Å². The molecular weight excluding hydrogens is 232 g/mol. The van der Waals surface area contributed by atoms with Gasteiger partial charge in [-0.05, 0) is 24.6 Å². The lowest BCUT2D eigenvalue weighted by Crippen LogP contribution is -2.37. The maximum atomic E-state index is 11.5. The van der Waals surface area contributed by atoms with Gasteiger partial charge in [-0.3, -0.25) is 4.79 Å². The number of aryl methyl sites for hydroxylation is 1. The number of amides is 1.